The summed E-state index contributed by atoms with van der Waals surface area (Å²) in [5, 5.41) is 0.493. The van der Waals surface area contributed by atoms with E-state index >= 15 is 0 Å². The van der Waals surface area contributed by atoms with Crippen molar-refractivity contribution in [3.63, 3.8) is 0 Å². The van der Waals surface area contributed by atoms with Gasteiger partial charge >= 0.3 is 0 Å². The quantitative estimate of drug-likeness (QED) is 0.622. The van der Waals surface area contributed by atoms with Crippen LogP contribution >= 0.6 is 11.8 Å². The van der Waals surface area contributed by atoms with Gasteiger partial charge in [0.05, 0.1) is 5.75 Å². The summed E-state index contributed by atoms with van der Waals surface area (Å²) in [4.78, 5) is 34.9. The van der Waals surface area contributed by atoms with Crippen molar-refractivity contribution in [2.45, 2.75) is 18.5 Å². The van der Waals surface area contributed by atoms with Crippen LogP contribution in [0.15, 0.2) is 46.3 Å². The monoisotopic (exact) mass is 372 g/mol. The predicted octanol–water partition coefficient (Wildman–Crippen LogP) is 2.16. The number of thioether (sulfide) groups is 1. The first-order valence-corrected chi connectivity index (χ1v) is 9.74. The number of aromatic nitrogens is 2. The van der Waals surface area contributed by atoms with Gasteiger partial charge in [-0.05, 0) is 31.4 Å². The number of hydrogen-bond donors (Lipinski definition) is 1. The van der Waals surface area contributed by atoms with Gasteiger partial charge in [-0.25, -0.2) is 4.98 Å². The fraction of sp³-hybridized carbons (Fsp3) is 0.421. The van der Waals surface area contributed by atoms with E-state index < -0.39 is 0 Å². The molecule has 1 N–H and O–H groups in total. The Kier molecular flexibility index (Phi) is 5.98. The van der Waals surface area contributed by atoms with E-state index in [-0.39, 0.29) is 17.2 Å². The zero-order valence-electron chi connectivity index (χ0n) is 15.1. The van der Waals surface area contributed by atoms with Crippen molar-refractivity contribution in [2.75, 3.05) is 37.3 Å². The summed E-state index contributed by atoms with van der Waals surface area (Å²) in [7, 11) is 1.85. The number of para-hydroxylation sites is 1. The maximum Gasteiger partial charge on any atom is 0.251 e. The molecule has 1 aromatic heterocycles. The van der Waals surface area contributed by atoms with Crippen molar-refractivity contribution >= 4 is 23.4 Å². The topological polar surface area (TPSA) is 69.3 Å². The number of aromatic amines is 1. The molecule has 1 fully saturated rings. The van der Waals surface area contributed by atoms with Gasteiger partial charge in [0, 0.05) is 44.1 Å². The Morgan fingerprint density at radius 2 is 2.15 bits per heavy atom. The van der Waals surface area contributed by atoms with Crippen LogP contribution < -0.4 is 10.5 Å². The zero-order valence-corrected chi connectivity index (χ0v) is 16.0. The van der Waals surface area contributed by atoms with Crippen molar-refractivity contribution in [3.8, 4) is 0 Å². The first-order chi connectivity index (χ1) is 12.5. The summed E-state index contributed by atoms with van der Waals surface area (Å²) in [6, 6.07) is 11.8. The molecular formula is C19H24N4O2S. The molecule has 0 aliphatic carbocycles. The van der Waals surface area contributed by atoms with Crippen LogP contribution in [0.4, 0.5) is 5.69 Å². The molecule has 1 amide bonds. The van der Waals surface area contributed by atoms with E-state index in [1.54, 1.807) is 11.8 Å². The highest BCUT2D eigenvalue weighted by molar-refractivity contribution is 7.99. The van der Waals surface area contributed by atoms with Gasteiger partial charge in [-0.15, -0.1) is 0 Å². The van der Waals surface area contributed by atoms with Crippen LogP contribution in [0.3, 0.4) is 0 Å². The van der Waals surface area contributed by atoms with Gasteiger partial charge in [0.15, 0.2) is 5.16 Å². The lowest BCUT2D eigenvalue weighted by Gasteiger charge is -2.22. The SMILES string of the molecule is Cc1cc(=O)[nH]c(SCC(=O)N(C)C[C@H]2CCN(c3ccccc3)C2)n1. The van der Waals surface area contributed by atoms with Gasteiger partial charge in [-0.3, -0.25) is 9.59 Å². The molecule has 0 unspecified atom stereocenters. The summed E-state index contributed by atoms with van der Waals surface area (Å²) < 4.78 is 0. The molecule has 0 saturated carbocycles. The van der Waals surface area contributed by atoms with E-state index in [4.69, 9.17) is 0 Å². The third-order valence-electron chi connectivity index (χ3n) is 4.55. The van der Waals surface area contributed by atoms with Crippen molar-refractivity contribution in [1.29, 1.82) is 0 Å². The normalized spacial score (nSPS) is 16.7. The lowest BCUT2D eigenvalue weighted by Crippen LogP contribution is -2.34. The Morgan fingerprint density at radius 3 is 2.88 bits per heavy atom. The van der Waals surface area contributed by atoms with Gasteiger partial charge in [-0.1, -0.05) is 30.0 Å². The maximum atomic E-state index is 12.4. The molecule has 138 valence electrons. The van der Waals surface area contributed by atoms with Crippen molar-refractivity contribution < 1.29 is 4.79 Å². The van der Waals surface area contributed by atoms with E-state index in [0.717, 1.165) is 26.1 Å². The molecule has 0 spiro atoms. The van der Waals surface area contributed by atoms with Crippen molar-refractivity contribution in [1.82, 2.24) is 14.9 Å². The number of benzene rings is 1. The second-order valence-corrected chi connectivity index (χ2v) is 7.66. The first kappa shape index (κ1) is 18.5. The third kappa shape index (κ3) is 4.88. The Morgan fingerprint density at radius 1 is 1.38 bits per heavy atom. The molecule has 1 saturated heterocycles. The zero-order chi connectivity index (χ0) is 18.5. The number of anilines is 1. The molecule has 1 aliphatic heterocycles. The minimum absolute atomic E-state index is 0.0531. The predicted molar refractivity (Wildman–Crippen MR) is 105 cm³/mol. The highest BCUT2D eigenvalue weighted by atomic mass is 32.2. The van der Waals surface area contributed by atoms with Crippen LogP contribution in [0, 0.1) is 12.8 Å². The van der Waals surface area contributed by atoms with Crippen molar-refractivity contribution in [2.24, 2.45) is 5.92 Å². The summed E-state index contributed by atoms with van der Waals surface area (Å²) in [5.74, 6) is 0.807. The van der Waals surface area contributed by atoms with Gasteiger partial charge in [0.25, 0.3) is 5.56 Å². The third-order valence-corrected chi connectivity index (χ3v) is 5.40. The minimum atomic E-state index is -0.187. The largest absolute Gasteiger partial charge is 0.371 e. The number of nitrogens with one attached hydrogen (secondary N) is 1. The second-order valence-electron chi connectivity index (χ2n) is 6.69. The maximum absolute atomic E-state index is 12.4. The van der Waals surface area contributed by atoms with E-state index in [1.807, 2.05) is 13.1 Å². The average Bonchev–Trinajstić information content (AvgIpc) is 3.08. The van der Waals surface area contributed by atoms with Crippen LogP contribution in [0.2, 0.25) is 0 Å². The van der Waals surface area contributed by atoms with Crippen LogP contribution in [-0.4, -0.2) is 53.2 Å². The Hall–Kier alpha value is -2.28. The molecule has 1 atom stereocenters. The van der Waals surface area contributed by atoms with E-state index in [1.165, 1.54) is 23.5 Å². The molecule has 7 heteroatoms. The van der Waals surface area contributed by atoms with Gasteiger partial charge in [0.2, 0.25) is 5.91 Å². The summed E-state index contributed by atoms with van der Waals surface area (Å²) in [6.45, 7) is 4.52. The standard InChI is InChI=1S/C19H24N4O2S/c1-14-10-17(24)21-19(20-14)26-13-18(25)22(2)11-15-8-9-23(12-15)16-6-4-3-5-7-16/h3-7,10,15H,8-9,11-13H2,1-2H3,(H,20,21,24)/t15-/m1/s1. The fourth-order valence-electron chi connectivity index (χ4n) is 3.20. The van der Waals surface area contributed by atoms with Crippen LogP contribution in [0.25, 0.3) is 0 Å². The summed E-state index contributed by atoms with van der Waals surface area (Å²) in [6.07, 6.45) is 1.09. The van der Waals surface area contributed by atoms with Gasteiger partial charge < -0.3 is 14.8 Å². The lowest BCUT2D eigenvalue weighted by atomic mass is 10.1. The smallest absolute Gasteiger partial charge is 0.251 e. The molecular weight excluding hydrogens is 348 g/mol. The lowest BCUT2D eigenvalue weighted by molar-refractivity contribution is -0.127. The first-order valence-electron chi connectivity index (χ1n) is 8.76. The number of aryl methyl sites for hydroxylation is 1. The van der Waals surface area contributed by atoms with E-state index in [0.29, 0.717) is 16.8 Å². The summed E-state index contributed by atoms with van der Waals surface area (Å²) in [5.41, 5.74) is 1.71. The molecule has 1 aromatic carbocycles. The molecule has 2 heterocycles. The molecule has 0 radical (unpaired) electrons. The fourth-order valence-corrected chi connectivity index (χ4v) is 4.07. The van der Waals surface area contributed by atoms with Crippen LogP contribution in [0.5, 0.6) is 0 Å². The molecule has 26 heavy (non-hydrogen) atoms. The Labute approximate surface area is 157 Å². The number of rotatable bonds is 6. The number of H-pyrrole nitrogens is 1. The number of carbonyl (C=O) groups excluding carboxylic acids is 1. The molecule has 6 nitrogen and oxygen atoms in total. The van der Waals surface area contributed by atoms with Crippen LogP contribution in [0.1, 0.15) is 12.1 Å². The second kappa shape index (κ2) is 8.40. The van der Waals surface area contributed by atoms with Crippen LogP contribution in [-0.2, 0) is 4.79 Å². The highest BCUT2D eigenvalue weighted by Gasteiger charge is 2.25. The van der Waals surface area contributed by atoms with E-state index in [9.17, 15) is 9.59 Å². The van der Waals surface area contributed by atoms with Crippen molar-refractivity contribution in [3.05, 3.63) is 52.4 Å². The number of carbonyl (C=O) groups is 1. The van der Waals surface area contributed by atoms with E-state index in [2.05, 4.69) is 39.1 Å². The Bertz CT molecular complexity index is 809. The average molecular weight is 372 g/mol. The van der Waals surface area contributed by atoms with Gasteiger partial charge in [-0.2, -0.15) is 0 Å². The Balaban J connectivity index is 1.48. The molecule has 3 rings (SSSR count). The number of amides is 1. The minimum Gasteiger partial charge on any atom is -0.371 e. The summed E-state index contributed by atoms with van der Waals surface area (Å²) >= 11 is 1.27. The number of nitrogens with zero attached hydrogens (tertiary/aromatic N) is 3. The molecule has 1 aliphatic rings. The molecule has 2 aromatic rings. The van der Waals surface area contributed by atoms with Gasteiger partial charge in [0.1, 0.15) is 0 Å². The highest BCUT2D eigenvalue weighted by Crippen LogP contribution is 2.24. The number of hydrogen-bond acceptors (Lipinski definition) is 5. The molecule has 0 bridgehead atoms.